The predicted molar refractivity (Wildman–Crippen MR) is 117 cm³/mol. The van der Waals surface area contributed by atoms with Crippen LogP contribution in [0.4, 0.5) is 35.9 Å². The Balaban J connectivity index is 0.000000322. The van der Waals surface area contributed by atoms with Gasteiger partial charge in [-0.2, -0.15) is 31.3 Å². The van der Waals surface area contributed by atoms with Gasteiger partial charge in [-0.15, -0.1) is 0 Å². The molecule has 3 aromatic heterocycles. The Labute approximate surface area is 211 Å². The number of nitrogens with zero attached hydrogens (tertiary/aromatic N) is 3. The molecule has 39 heavy (non-hydrogen) atoms. The molecule has 0 aliphatic heterocycles. The Morgan fingerprint density at radius 1 is 0.821 bits per heavy atom. The van der Waals surface area contributed by atoms with E-state index >= 15 is 0 Å². The number of alkyl halides is 6. The van der Waals surface area contributed by atoms with Gasteiger partial charge in [0.2, 0.25) is 0 Å². The fourth-order valence-corrected chi connectivity index (χ4v) is 2.17. The van der Waals surface area contributed by atoms with E-state index in [4.69, 9.17) is 0 Å². The lowest BCUT2D eigenvalue weighted by molar-refractivity contribution is -0.141. The Morgan fingerprint density at radius 2 is 1.33 bits per heavy atom. The zero-order chi connectivity index (χ0) is 30.0. The van der Waals surface area contributed by atoms with E-state index in [9.17, 15) is 50.3 Å². The van der Waals surface area contributed by atoms with E-state index in [2.05, 4.69) is 36.1 Å². The second-order valence-electron chi connectivity index (χ2n) is 6.50. The van der Waals surface area contributed by atoms with E-state index in [0.717, 1.165) is 37.4 Å². The van der Waals surface area contributed by atoms with Gasteiger partial charge in [0.15, 0.2) is 5.82 Å². The van der Waals surface area contributed by atoms with Gasteiger partial charge in [-0.1, -0.05) is 12.1 Å². The zero-order valence-electron chi connectivity index (χ0n) is 19.2. The molecule has 0 radical (unpaired) electrons. The van der Waals surface area contributed by atoms with Crippen LogP contribution in [0.1, 0.15) is 21.9 Å². The highest BCUT2D eigenvalue weighted by molar-refractivity contribution is 5.91. The molecular weight excluding hydrogens is 550 g/mol. The van der Waals surface area contributed by atoms with Crippen molar-refractivity contribution in [3.63, 3.8) is 0 Å². The first-order valence-corrected chi connectivity index (χ1v) is 9.67. The molecule has 0 bridgehead atoms. The lowest BCUT2D eigenvalue weighted by Gasteiger charge is -2.06. The second-order valence-corrected chi connectivity index (χ2v) is 6.50. The summed E-state index contributed by atoms with van der Waals surface area (Å²) in [4.78, 5) is 65.6. The average molecular weight is 566 g/mol. The van der Waals surface area contributed by atoms with E-state index in [0.29, 0.717) is 0 Å². The third-order valence-electron chi connectivity index (χ3n) is 3.63. The normalized spacial score (nSPS) is 10.6. The fourth-order valence-electron chi connectivity index (χ4n) is 2.17. The number of esters is 1. The van der Waals surface area contributed by atoms with Crippen LogP contribution < -0.4 is 28.2 Å². The van der Waals surface area contributed by atoms with Crippen LogP contribution in [0.15, 0.2) is 46.0 Å². The van der Waals surface area contributed by atoms with Crippen LogP contribution in [0.5, 0.6) is 0 Å². The zero-order valence-corrected chi connectivity index (χ0v) is 19.2. The number of halogens is 6. The van der Waals surface area contributed by atoms with Crippen molar-refractivity contribution in [2.24, 2.45) is 11.5 Å². The van der Waals surface area contributed by atoms with Gasteiger partial charge in [0, 0.05) is 0 Å². The molecule has 0 spiro atoms. The van der Waals surface area contributed by atoms with Gasteiger partial charge in [0.05, 0.1) is 7.11 Å². The quantitative estimate of drug-likeness (QED) is 0.221. The minimum Gasteiger partial charge on any atom is -0.464 e. The Hall–Kier alpha value is -5.30. The molecule has 0 saturated heterocycles. The Bertz CT molecular complexity index is 1400. The van der Waals surface area contributed by atoms with Crippen molar-refractivity contribution in [2.45, 2.75) is 12.4 Å². The number of amides is 4. The van der Waals surface area contributed by atoms with Crippen LogP contribution in [0.25, 0.3) is 11.5 Å². The van der Waals surface area contributed by atoms with Gasteiger partial charge in [-0.05, 0) is 24.3 Å². The smallest absolute Gasteiger partial charge is 0.433 e. The standard InChI is InChI=1S/C9H5F3N4O2.C8H6F3NO2.C2H5N3O2/c10-9(11,12)5-3-1-2-4(13-5)6-14-7(17)16-8(18)15-6;1-14-7(13)5-3-2-4-6(12-5)8(9,10)11;3-1(6)5-2(4)7/h1-3H,(H2,14,15,16,17,18);2-4H,1H3;(H5,3,4,5,6,7). The van der Waals surface area contributed by atoms with Gasteiger partial charge in [0.1, 0.15) is 22.8 Å². The van der Waals surface area contributed by atoms with Crippen LogP contribution in [0.3, 0.4) is 0 Å². The van der Waals surface area contributed by atoms with E-state index in [-0.39, 0.29) is 17.2 Å². The minimum atomic E-state index is -4.61. The lowest BCUT2D eigenvalue weighted by atomic mass is 10.3. The highest BCUT2D eigenvalue weighted by Gasteiger charge is 2.33. The van der Waals surface area contributed by atoms with Crippen molar-refractivity contribution >= 4 is 18.0 Å². The highest BCUT2D eigenvalue weighted by Crippen LogP contribution is 2.28. The van der Waals surface area contributed by atoms with Crippen molar-refractivity contribution < 1.29 is 45.5 Å². The summed E-state index contributed by atoms with van der Waals surface area (Å²) in [6.45, 7) is 0. The number of hydrogen-bond donors (Lipinski definition) is 5. The van der Waals surface area contributed by atoms with E-state index in [1.54, 1.807) is 10.3 Å². The van der Waals surface area contributed by atoms with Gasteiger partial charge < -0.3 is 16.2 Å². The summed E-state index contributed by atoms with van der Waals surface area (Å²) in [5.41, 5.74) is 4.20. The Kier molecular flexibility index (Phi) is 10.8. The summed E-state index contributed by atoms with van der Waals surface area (Å²) in [7, 11) is 1.07. The maximum atomic E-state index is 12.4. The first-order valence-electron chi connectivity index (χ1n) is 9.67. The molecule has 7 N–H and O–H groups in total. The molecule has 20 heteroatoms. The number of urea groups is 2. The average Bonchev–Trinajstić information content (AvgIpc) is 2.82. The van der Waals surface area contributed by atoms with Crippen molar-refractivity contribution in [3.05, 3.63) is 74.4 Å². The maximum Gasteiger partial charge on any atom is 0.433 e. The number of carbonyl (C=O) groups is 3. The number of nitrogens with two attached hydrogens (primary N) is 2. The summed E-state index contributed by atoms with van der Waals surface area (Å²) in [6, 6.07) is 4.24. The molecule has 0 fully saturated rings. The first-order chi connectivity index (χ1) is 17.9. The molecule has 4 amide bonds. The highest BCUT2D eigenvalue weighted by atomic mass is 19.4. The molecule has 210 valence electrons. The summed E-state index contributed by atoms with van der Waals surface area (Å²) in [5.74, 6) is -1.22. The van der Waals surface area contributed by atoms with Crippen molar-refractivity contribution in [1.29, 1.82) is 0 Å². The molecule has 3 aromatic rings. The van der Waals surface area contributed by atoms with Crippen molar-refractivity contribution in [1.82, 2.24) is 30.2 Å². The summed E-state index contributed by atoms with van der Waals surface area (Å²) in [5, 5.41) is 1.58. The van der Waals surface area contributed by atoms with E-state index in [1.807, 2.05) is 0 Å². The SMILES string of the molecule is COC(=O)c1cccc(C(F)(F)F)n1.NC(=O)NC(N)=O.O=c1nc(-c2cccc(C(F)(F)F)n2)[nH]c(=O)[nH]1. The summed E-state index contributed by atoms with van der Waals surface area (Å²) < 4.78 is 77.9. The minimum absolute atomic E-state index is 0.243. The maximum absolute atomic E-state index is 12.4. The Morgan fingerprint density at radius 3 is 1.77 bits per heavy atom. The number of rotatable bonds is 2. The van der Waals surface area contributed by atoms with Crippen LogP contribution in [0.2, 0.25) is 0 Å². The van der Waals surface area contributed by atoms with Crippen LogP contribution >= 0.6 is 0 Å². The molecule has 0 saturated carbocycles. The fraction of sp³-hybridized carbons (Fsp3) is 0.158. The second kappa shape index (κ2) is 13.3. The topological polar surface area (TPSA) is 229 Å². The number of imide groups is 1. The number of nitrogens with one attached hydrogen (secondary N) is 3. The van der Waals surface area contributed by atoms with Gasteiger partial charge in [-0.25, -0.2) is 33.9 Å². The number of methoxy groups -OCH3 is 1. The molecule has 0 atom stereocenters. The number of aromatic nitrogens is 5. The number of pyridine rings is 2. The molecule has 14 nitrogen and oxygen atoms in total. The monoisotopic (exact) mass is 566 g/mol. The third-order valence-corrected chi connectivity index (χ3v) is 3.63. The molecule has 0 unspecified atom stereocenters. The molecular formula is C19H16F6N8O6. The van der Waals surface area contributed by atoms with Crippen LogP contribution in [-0.2, 0) is 17.1 Å². The van der Waals surface area contributed by atoms with Gasteiger partial charge in [0.25, 0.3) is 0 Å². The third kappa shape index (κ3) is 11.1. The van der Waals surface area contributed by atoms with Gasteiger partial charge >= 0.3 is 41.8 Å². The number of aromatic amines is 2. The number of carbonyl (C=O) groups excluding carboxylic acids is 3. The predicted octanol–water partition coefficient (Wildman–Crippen LogP) is 1.16. The number of hydrogen-bond acceptors (Lipinski definition) is 9. The molecule has 0 aliphatic carbocycles. The van der Waals surface area contributed by atoms with E-state index in [1.165, 1.54) is 6.07 Å². The van der Waals surface area contributed by atoms with Crippen molar-refractivity contribution in [3.8, 4) is 11.5 Å². The van der Waals surface area contributed by atoms with Gasteiger partial charge in [-0.3, -0.25) is 15.3 Å². The van der Waals surface area contributed by atoms with Crippen LogP contribution in [-0.4, -0.2) is 50.1 Å². The largest absolute Gasteiger partial charge is 0.464 e. The van der Waals surface area contributed by atoms with Crippen molar-refractivity contribution in [2.75, 3.05) is 7.11 Å². The number of primary amides is 2. The molecule has 3 heterocycles. The number of H-pyrrole nitrogens is 2. The lowest BCUT2D eigenvalue weighted by Crippen LogP contribution is -2.38. The van der Waals surface area contributed by atoms with E-state index < -0.39 is 53.2 Å². The molecule has 0 aliphatic rings. The molecule has 0 aromatic carbocycles. The number of ether oxygens (including phenoxy) is 1. The van der Waals surface area contributed by atoms with Crippen LogP contribution in [0, 0.1) is 0 Å². The first kappa shape index (κ1) is 31.7. The summed E-state index contributed by atoms with van der Waals surface area (Å²) >= 11 is 0. The molecule has 3 rings (SSSR count). The summed E-state index contributed by atoms with van der Waals surface area (Å²) in [6.07, 6.45) is -9.17.